The monoisotopic (exact) mass is 304 g/mol. The molecule has 8 heteroatoms. The van der Waals surface area contributed by atoms with Crippen LogP contribution in [0.2, 0.25) is 0 Å². The van der Waals surface area contributed by atoms with Gasteiger partial charge in [-0.15, -0.1) is 0 Å². The molecule has 2 heterocycles. The Morgan fingerprint density at radius 2 is 2.05 bits per heavy atom. The molecule has 0 fully saturated rings. The number of aromatic nitrogens is 4. The Morgan fingerprint density at radius 3 is 2.68 bits per heavy atom. The zero-order chi connectivity index (χ0) is 16.1. The summed E-state index contributed by atoms with van der Waals surface area (Å²) in [6.45, 7) is 6.90. The first-order chi connectivity index (χ1) is 10.5. The van der Waals surface area contributed by atoms with Crippen molar-refractivity contribution in [2.24, 2.45) is 0 Å². The zero-order valence-corrected chi connectivity index (χ0v) is 13.0. The van der Waals surface area contributed by atoms with Crippen LogP contribution in [-0.4, -0.2) is 37.9 Å². The van der Waals surface area contributed by atoms with Crippen LogP contribution in [0.3, 0.4) is 0 Å². The molecule has 0 spiro atoms. The summed E-state index contributed by atoms with van der Waals surface area (Å²) in [5.74, 6) is -0.620. The highest BCUT2D eigenvalue weighted by atomic mass is 16.2. The first-order valence-corrected chi connectivity index (χ1v) is 7.18. The normalized spacial score (nSPS) is 10.5. The van der Waals surface area contributed by atoms with Gasteiger partial charge in [-0.25, -0.2) is 0 Å². The molecule has 0 radical (unpaired) electrons. The van der Waals surface area contributed by atoms with Crippen LogP contribution in [0, 0.1) is 6.92 Å². The Hall–Kier alpha value is -2.64. The standard InChI is InChI=1S/C14H20N6O2/c1-4-19-9-11(7-16-19)17-13(21)8-15-14(22)12-6-10(3)18-20(12)5-2/h6-7,9H,4-5,8H2,1-3H3,(H,15,22)(H,17,21). The van der Waals surface area contributed by atoms with Crippen LogP contribution < -0.4 is 10.6 Å². The number of nitrogens with one attached hydrogen (secondary N) is 2. The molecule has 0 aliphatic carbocycles. The van der Waals surface area contributed by atoms with Crippen LogP contribution in [-0.2, 0) is 17.9 Å². The van der Waals surface area contributed by atoms with Crippen molar-refractivity contribution in [2.75, 3.05) is 11.9 Å². The number of aryl methyl sites for hydroxylation is 3. The van der Waals surface area contributed by atoms with Crippen LogP contribution in [0.1, 0.15) is 30.0 Å². The van der Waals surface area contributed by atoms with Gasteiger partial charge in [0.2, 0.25) is 5.91 Å². The van der Waals surface area contributed by atoms with Gasteiger partial charge in [-0.1, -0.05) is 0 Å². The Bertz CT molecular complexity index is 673. The fourth-order valence-corrected chi connectivity index (χ4v) is 2.03. The number of hydrogen-bond acceptors (Lipinski definition) is 4. The maximum atomic E-state index is 12.1. The Kier molecular flexibility index (Phi) is 4.92. The molecule has 0 aliphatic rings. The van der Waals surface area contributed by atoms with E-state index in [4.69, 9.17) is 0 Å². The van der Waals surface area contributed by atoms with Gasteiger partial charge >= 0.3 is 0 Å². The quantitative estimate of drug-likeness (QED) is 0.825. The number of amides is 2. The van der Waals surface area contributed by atoms with E-state index in [9.17, 15) is 9.59 Å². The van der Waals surface area contributed by atoms with Crippen molar-refractivity contribution in [3.8, 4) is 0 Å². The van der Waals surface area contributed by atoms with Gasteiger partial charge in [0, 0.05) is 19.3 Å². The second-order valence-electron chi connectivity index (χ2n) is 4.80. The van der Waals surface area contributed by atoms with Crippen molar-refractivity contribution < 1.29 is 9.59 Å². The highest BCUT2D eigenvalue weighted by Crippen LogP contribution is 2.05. The van der Waals surface area contributed by atoms with E-state index < -0.39 is 0 Å². The summed E-state index contributed by atoms with van der Waals surface area (Å²) in [5.41, 5.74) is 1.82. The molecule has 2 aromatic rings. The van der Waals surface area contributed by atoms with Gasteiger partial charge in [0.15, 0.2) is 0 Å². The first kappa shape index (κ1) is 15.7. The lowest BCUT2D eigenvalue weighted by atomic mass is 10.3. The van der Waals surface area contributed by atoms with Crippen LogP contribution in [0.15, 0.2) is 18.5 Å². The van der Waals surface area contributed by atoms with Crippen molar-refractivity contribution in [2.45, 2.75) is 33.9 Å². The average Bonchev–Trinajstić information content (AvgIpc) is 3.10. The van der Waals surface area contributed by atoms with Gasteiger partial charge in [-0.2, -0.15) is 10.2 Å². The molecular formula is C14H20N6O2. The molecule has 0 saturated heterocycles. The summed E-state index contributed by atoms with van der Waals surface area (Å²) < 4.78 is 3.31. The molecule has 2 N–H and O–H groups in total. The molecule has 118 valence electrons. The summed E-state index contributed by atoms with van der Waals surface area (Å²) in [7, 11) is 0. The molecule has 0 saturated carbocycles. The second kappa shape index (κ2) is 6.88. The average molecular weight is 304 g/mol. The lowest BCUT2D eigenvalue weighted by Crippen LogP contribution is -2.34. The third kappa shape index (κ3) is 3.72. The SMILES string of the molecule is CCn1cc(NC(=O)CNC(=O)c2cc(C)nn2CC)cn1. The third-order valence-corrected chi connectivity index (χ3v) is 3.08. The lowest BCUT2D eigenvalue weighted by molar-refractivity contribution is -0.115. The maximum absolute atomic E-state index is 12.1. The molecule has 0 aromatic carbocycles. The van der Waals surface area contributed by atoms with Crippen molar-refractivity contribution >= 4 is 17.5 Å². The Morgan fingerprint density at radius 1 is 1.27 bits per heavy atom. The molecule has 2 aromatic heterocycles. The van der Waals surface area contributed by atoms with Crippen molar-refractivity contribution in [1.82, 2.24) is 24.9 Å². The molecule has 0 atom stereocenters. The molecule has 8 nitrogen and oxygen atoms in total. The van der Waals surface area contributed by atoms with Gasteiger partial charge < -0.3 is 10.6 Å². The molecule has 2 amide bonds. The number of hydrogen-bond donors (Lipinski definition) is 2. The van der Waals surface area contributed by atoms with Gasteiger partial charge in [0.25, 0.3) is 5.91 Å². The minimum atomic E-state index is -0.318. The summed E-state index contributed by atoms with van der Waals surface area (Å²) in [5, 5.41) is 13.5. The topological polar surface area (TPSA) is 93.8 Å². The number of carbonyl (C=O) groups excluding carboxylic acids is 2. The van der Waals surface area contributed by atoms with Gasteiger partial charge in [-0.05, 0) is 26.8 Å². The molecule has 0 unspecified atom stereocenters. The fraction of sp³-hybridized carbons (Fsp3) is 0.429. The van der Waals surface area contributed by atoms with Gasteiger partial charge in [0.05, 0.1) is 24.1 Å². The number of nitrogens with zero attached hydrogens (tertiary/aromatic N) is 4. The number of anilines is 1. The van der Waals surface area contributed by atoms with Crippen molar-refractivity contribution in [3.63, 3.8) is 0 Å². The summed E-state index contributed by atoms with van der Waals surface area (Å²) >= 11 is 0. The Labute approximate surface area is 128 Å². The van der Waals surface area contributed by atoms with Crippen LogP contribution in [0.4, 0.5) is 5.69 Å². The van der Waals surface area contributed by atoms with Crippen molar-refractivity contribution in [1.29, 1.82) is 0 Å². The van der Waals surface area contributed by atoms with E-state index in [1.807, 2.05) is 20.8 Å². The van der Waals surface area contributed by atoms with E-state index in [0.29, 0.717) is 17.9 Å². The van der Waals surface area contributed by atoms with E-state index in [2.05, 4.69) is 20.8 Å². The van der Waals surface area contributed by atoms with E-state index in [1.54, 1.807) is 27.8 Å². The summed E-state index contributed by atoms with van der Waals surface area (Å²) in [4.78, 5) is 23.9. The van der Waals surface area contributed by atoms with Crippen molar-refractivity contribution in [3.05, 3.63) is 29.8 Å². The summed E-state index contributed by atoms with van der Waals surface area (Å²) in [6, 6.07) is 1.70. The Balaban J connectivity index is 1.88. The smallest absolute Gasteiger partial charge is 0.269 e. The van der Waals surface area contributed by atoms with Gasteiger partial charge in [0.1, 0.15) is 5.69 Å². The highest BCUT2D eigenvalue weighted by Gasteiger charge is 2.14. The van der Waals surface area contributed by atoms with E-state index in [-0.39, 0.29) is 18.4 Å². The summed E-state index contributed by atoms with van der Waals surface area (Å²) in [6.07, 6.45) is 3.30. The molecule has 0 aliphatic heterocycles. The first-order valence-electron chi connectivity index (χ1n) is 7.18. The molecule has 0 bridgehead atoms. The van der Waals surface area contributed by atoms with Crippen LogP contribution >= 0.6 is 0 Å². The highest BCUT2D eigenvalue weighted by molar-refractivity contribution is 5.98. The van der Waals surface area contributed by atoms with E-state index >= 15 is 0 Å². The zero-order valence-electron chi connectivity index (χ0n) is 13.0. The predicted molar refractivity (Wildman–Crippen MR) is 81.5 cm³/mol. The minimum Gasteiger partial charge on any atom is -0.342 e. The second-order valence-corrected chi connectivity index (χ2v) is 4.80. The number of rotatable bonds is 6. The van der Waals surface area contributed by atoms with E-state index in [0.717, 1.165) is 12.2 Å². The lowest BCUT2D eigenvalue weighted by Gasteiger charge is -2.06. The van der Waals surface area contributed by atoms with E-state index in [1.165, 1.54) is 0 Å². The molecule has 22 heavy (non-hydrogen) atoms. The molecule has 2 rings (SSSR count). The minimum absolute atomic E-state index is 0.107. The predicted octanol–water partition coefficient (Wildman–Crippen LogP) is 0.796. The van der Waals surface area contributed by atoms with Crippen LogP contribution in [0.25, 0.3) is 0 Å². The van der Waals surface area contributed by atoms with Crippen LogP contribution in [0.5, 0.6) is 0 Å². The third-order valence-electron chi connectivity index (χ3n) is 3.08. The fourth-order valence-electron chi connectivity index (χ4n) is 2.03. The van der Waals surface area contributed by atoms with Gasteiger partial charge in [-0.3, -0.25) is 19.0 Å². The number of carbonyl (C=O) groups is 2. The molecular weight excluding hydrogens is 284 g/mol. The maximum Gasteiger partial charge on any atom is 0.269 e. The largest absolute Gasteiger partial charge is 0.342 e.